The van der Waals surface area contributed by atoms with Crippen LogP contribution in [0.3, 0.4) is 0 Å². The summed E-state index contributed by atoms with van der Waals surface area (Å²) in [7, 11) is 0. The van der Waals surface area contributed by atoms with Crippen molar-refractivity contribution in [1.29, 1.82) is 0 Å². The minimum absolute atomic E-state index is 1.05. The van der Waals surface area contributed by atoms with Gasteiger partial charge in [0.1, 0.15) is 0 Å². The van der Waals surface area contributed by atoms with Crippen molar-refractivity contribution in [1.82, 2.24) is 15.0 Å². The molecule has 0 aromatic carbocycles. The number of rotatable bonds is 13. The molecule has 0 aliphatic rings. The Morgan fingerprint density at radius 1 is 0.800 bits per heavy atom. The molecule has 116 valence electrons. The van der Waals surface area contributed by atoms with Gasteiger partial charge in [0.05, 0.1) is 11.9 Å². The molecule has 0 bridgehead atoms. The van der Waals surface area contributed by atoms with Gasteiger partial charge < -0.3 is 0 Å². The normalized spacial score (nSPS) is 11.1. The first-order chi connectivity index (χ1) is 9.88. The number of hydrogen-bond donors (Lipinski definition) is 0. The Morgan fingerprint density at radius 2 is 1.40 bits per heavy atom. The minimum atomic E-state index is 1.05. The van der Waals surface area contributed by atoms with Crippen LogP contribution in [0, 0.1) is 0 Å². The van der Waals surface area contributed by atoms with Gasteiger partial charge in [0.2, 0.25) is 0 Å². The van der Waals surface area contributed by atoms with Gasteiger partial charge in [0.25, 0.3) is 0 Å². The van der Waals surface area contributed by atoms with Crippen LogP contribution in [-0.2, 0) is 13.0 Å². The molecule has 0 radical (unpaired) electrons. The quantitative estimate of drug-likeness (QED) is 0.467. The summed E-state index contributed by atoms with van der Waals surface area (Å²) < 4.78 is 2.12. The van der Waals surface area contributed by atoms with E-state index in [2.05, 4.69) is 28.8 Å². The molecule has 20 heavy (non-hydrogen) atoms. The number of aromatic nitrogens is 3. The van der Waals surface area contributed by atoms with Crippen molar-refractivity contribution < 1.29 is 0 Å². The fourth-order valence-corrected chi connectivity index (χ4v) is 2.61. The lowest BCUT2D eigenvalue weighted by molar-refractivity contribution is 0.496. The lowest BCUT2D eigenvalue weighted by atomic mass is 10.1. The molecule has 0 aliphatic carbocycles. The van der Waals surface area contributed by atoms with Gasteiger partial charge in [-0.05, 0) is 19.3 Å². The predicted octanol–water partition coefficient (Wildman–Crippen LogP) is 5.15. The van der Waals surface area contributed by atoms with Crippen molar-refractivity contribution in [2.45, 2.75) is 97.4 Å². The SMILES string of the molecule is CCCCCCCCCn1nncc1CCCCCC. The highest BCUT2D eigenvalue weighted by atomic mass is 15.4. The van der Waals surface area contributed by atoms with Crippen LogP contribution in [0.15, 0.2) is 6.20 Å². The van der Waals surface area contributed by atoms with Crippen LogP contribution in [0.5, 0.6) is 0 Å². The van der Waals surface area contributed by atoms with Gasteiger partial charge in [0, 0.05) is 6.54 Å². The molecular weight excluding hydrogens is 246 g/mol. The van der Waals surface area contributed by atoms with E-state index in [0.29, 0.717) is 0 Å². The molecule has 1 aromatic rings. The van der Waals surface area contributed by atoms with E-state index in [-0.39, 0.29) is 0 Å². The molecule has 3 heteroatoms. The molecule has 0 amide bonds. The van der Waals surface area contributed by atoms with Gasteiger partial charge in [-0.3, -0.25) is 0 Å². The highest BCUT2D eigenvalue weighted by Gasteiger charge is 2.03. The first kappa shape index (κ1) is 17.2. The fraction of sp³-hybridized carbons (Fsp3) is 0.882. The van der Waals surface area contributed by atoms with E-state index < -0.39 is 0 Å². The van der Waals surface area contributed by atoms with Crippen LogP contribution in [0.2, 0.25) is 0 Å². The summed E-state index contributed by atoms with van der Waals surface area (Å²) in [6.07, 6.45) is 17.8. The first-order valence-corrected chi connectivity index (χ1v) is 8.75. The van der Waals surface area contributed by atoms with E-state index >= 15 is 0 Å². The zero-order chi connectivity index (χ0) is 14.5. The van der Waals surface area contributed by atoms with Gasteiger partial charge >= 0.3 is 0 Å². The van der Waals surface area contributed by atoms with Gasteiger partial charge in [-0.15, -0.1) is 5.10 Å². The molecule has 3 nitrogen and oxygen atoms in total. The van der Waals surface area contributed by atoms with E-state index in [4.69, 9.17) is 0 Å². The molecule has 0 unspecified atom stereocenters. The van der Waals surface area contributed by atoms with E-state index in [0.717, 1.165) is 13.0 Å². The van der Waals surface area contributed by atoms with Crippen molar-refractivity contribution in [2.24, 2.45) is 0 Å². The second-order valence-electron chi connectivity index (χ2n) is 5.88. The van der Waals surface area contributed by atoms with Crippen LogP contribution >= 0.6 is 0 Å². The van der Waals surface area contributed by atoms with Gasteiger partial charge in [-0.2, -0.15) is 0 Å². The second-order valence-corrected chi connectivity index (χ2v) is 5.88. The van der Waals surface area contributed by atoms with Crippen molar-refractivity contribution >= 4 is 0 Å². The Hall–Kier alpha value is -0.860. The van der Waals surface area contributed by atoms with Gasteiger partial charge in [-0.1, -0.05) is 76.8 Å². The maximum atomic E-state index is 4.23. The topological polar surface area (TPSA) is 30.7 Å². The Labute approximate surface area is 125 Å². The van der Waals surface area contributed by atoms with Crippen molar-refractivity contribution in [3.05, 3.63) is 11.9 Å². The molecule has 0 spiro atoms. The van der Waals surface area contributed by atoms with E-state index in [1.54, 1.807) is 0 Å². The highest BCUT2D eigenvalue weighted by Crippen LogP contribution is 2.10. The molecular formula is C17H33N3. The molecule has 1 heterocycles. The Kier molecular flexibility index (Phi) is 10.3. The summed E-state index contributed by atoms with van der Waals surface area (Å²) in [4.78, 5) is 0. The maximum Gasteiger partial charge on any atom is 0.0725 e. The van der Waals surface area contributed by atoms with Crippen molar-refractivity contribution in [2.75, 3.05) is 0 Å². The molecule has 0 atom stereocenters. The van der Waals surface area contributed by atoms with E-state index in [1.165, 1.54) is 76.3 Å². The van der Waals surface area contributed by atoms with E-state index in [1.807, 2.05) is 6.20 Å². The average Bonchev–Trinajstić information content (AvgIpc) is 2.90. The number of aryl methyl sites for hydroxylation is 2. The predicted molar refractivity (Wildman–Crippen MR) is 85.9 cm³/mol. The third-order valence-electron chi connectivity index (χ3n) is 3.96. The van der Waals surface area contributed by atoms with Crippen molar-refractivity contribution in [3.63, 3.8) is 0 Å². The summed E-state index contributed by atoms with van der Waals surface area (Å²) in [5.41, 5.74) is 1.33. The first-order valence-electron chi connectivity index (χ1n) is 8.75. The summed E-state index contributed by atoms with van der Waals surface area (Å²) in [5, 5.41) is 8.30. The molecule has 0 saturated heterocycles. The Morgan fingerprint density at radius 3 is 2.10 bits per heavy atom. The third kappa shape index (κ3) is 7.66. The minimum Gasteiger partial charge on any atom is -0.249 e. The van der Waals surface area contributed by atoms with Crippen LogP contribution in [0.4, 0.5) is 0 Å². The highest BCUT2D eigenvalue weighted by molar-refractivity contribution is 4.93. The Balaban J connectivity index is 2.09. The maximum absolute atomic E-state index is 4.23. The molecule has 0 aliphatic heterocycles. The Bertz CT molecular complexity index is 320. The van der Waals surface area contributed by atoms with Gasteiger partial charge in [0.15, 0.2) is 0 Å². The fourth-order valence-electron chi connectivity index (χ4n) is 2.61. The zero-order valence-electron chi connectivity index (χ0n) is 13.6. The lowest BCUT2D eigenvalue weighted by Crippen LogP contribution is -2.05. The third-order valence-corrected chi connectivity index (χ3v) is 3.96. The van der Waals surface area contributed by atoms with Crippen LogP contribution < -0.4 is 0 Å². The monoisotopic (exact) mass is 279 g/mol. The van der Waals surface area contributed by atoms with E-state index in [9.17, 15) is 0 Å². The molecule has 0 N–H and O–H groups in total. The van der Waals surface area contributed by atoms with Crippen LogP contribution in [0.1, 0.15) is 90.2 Å². The number of unbranched alkanes of at least 4 members (excludes halogenated alkanes) is 9. The molecule has 1 rings (SSSR count). The largest absolute Gasteiger partial charge is 0.249 e. The number of hydrogen-bond acceptors (Lipinski definition) is 2. The standard InChI is InChI=1S/C17H33N3/c1-3-5-7-9-10-11-13-15-20-17(16-18-19-20)14-12-8-6-4-2/h16H,3-15H2,1-2H3. The summed E-state index contributed by atoms with van der Waals surface area (Å²) in [6.45, 7) is 5.58. The summed E-state index contributed by atoms with van der Waals surface area (Å²) >= 11 is 0. The number of nitrogens with zero attached hydrogens (tertiary/aromatic N) is 3. The van der Waals surface area contributed by atoms with Gasteiger partial charge in [-0.25, -0.2) is 4.68 Å². The smallest absolute Gasteiger partial charge is 0.0725 e. The zero-order valence-corrected chi connectivity index (χ0v) is 13.6. The van der Waals surface area contributed by atoms with Crippen molar-refractivity contribution in [3.8, 4) is 0 Å². The summed E-state index contributed by atoms with van der Waals surface area (Å²) in [6, 6.07) is 0. The van der Waals surface area contributed by atoms with Crippen LogP contribution in [-0.4, -0.2) is 15.0 Å². The molecule has 0 fully saturated rings. The molecule has 1 aromatic heterocycles. The summed E-state index contributed by atoms with van der Waals surface area (Å²) in [5.74, 6) is 0. The average molecular weight is 279 g/mol. The molecule has 0 saturated carbocycles. The lowest BCUT2D eigenvalue weighted by Gasteiger charge is -2.06. The second kappa shape index (κ2) is 11.9. The van der Waals surface area contributed by atoms with Crippen LogP contribution in [0.25, 0.3) is 0 Å².